The zero-order valence-electron chi connectivity index (χ0n) is 14.6. The van der Waals surface area contributed by atoms with Crippen LogP contribution < -0.4 is 10.6 Å². The van der Waals surface area contributed by atoms with Gasteiger partial charge in [-0.2, -0.15) is 0 Å². The highest BCUT2D eigenvalue weighted by molar-refractivity contribution is 5.97. The first-order valence-corrected chi connectivity index (χ1v) is 8.66. The van der Waals surface area contributed by atoms with Crippen molar-refractivity contribution in [3.63, 3.8) is 0 Å². The summed E-state index contributed by atoms with van der Waals surface area (Å²) in [5.74, 6) is -0.258. The fourth-order valence-corrected chi connectivity index (χ4v) is 2.54. The van der Waals surface area contributed by atoms with Crippen molar-refractivity contribution in [2.24, 2.45) is 0 Å². The first kappa shape index (κ1) is 17.7. The highest BCUT2D eigenvalue weighted by atomic mass is 16.3. The van der Waals surface area contributed by atoms with Crippen LogP contribution in [0.1, 0.15) is 46.0 Å². The van der Waals surface area contributed by atoms with Crippen LogP contribution in [-0.4, -0.2) is 23.3 Å². The third-order valence-electron chi connectivity index (χ3n) is 4.08. The molecule has 0 aliphatic heterocycles. The van der Waals surface area contributed by atoms with Gasteiger partial charge in [0, 0.05) is 24.2 Å². The largest absolute Gasteiger partial charge is 0.443 e. The van der Waals surface area contributed by atoms with E-state index in [9.17, 15) is 9.59 Å². The van der Waals surface area contributed by atoms with Gasteiger partial charge in [-0.1, -0.05) is 25.5 Å². The Morgan fingerprint density at radius 2 is 1.73 bits per heavy atom. The predicted molar refractivity (Wildman–Crippen MR) is 98.9 cm³/mol. The molecule has 6 heteroatoms. The van der Waals surface area contributed by atoms with Crippen molar-refractivity contribution in [1.29, 1.82) is 0 Å². The minimum Gasteiger partial charge on any atom is -0.443 e. The number of hydrogen-bond acceptors (Lipinski definition) is 4. The van der Waals surface area contributed by atoms with Crippen molar-refractivity contribution in [2.75, 3.05) is 6.54 Å². The maximum absolute atomic E-state index is 12.3. The lowest BCUT2D eigenvalue weighted by atomic mass is 10.1. The highest BCUT2D eigenvalue weighted by Gasteiger charge is 2.09. The Balaban J connectivity index is 1.55. The second-order valence-corrected chi connectivity index (χ2v) is 6.02. The van der Waals surface area contributed by atoms with E-state index in [1.165, 1.54) is 6.39 Å². The number of oxazole rings is 1. The number of unbranched alkanes of at least 4 members (excludes halogenated alkanes) is 1. The summed E-state index contributed by atoms with van der Waals surface area (Å²) in [5.41, 5.74) is 3.36. The first-order valence-electron chi connectivity index (χ1n) is 8.66. The molecule has 134 valence electrons. The van der Waals surface area contributed by atoms with E-state index in [0.29, 0.717) is 35.3 Å². The number of amides is 2. The number of carbonyl (C=O) groups excluding carboxylic acids is 2. The molecule has 1 heterocycles. The molecule has 0 saturated heterocycles. The van der Waals surface area contributed by atoms with Crippen LogP contribution >= 0.6 is 0 Å². The van der Waals surface area contributed by atoms with Gasteiger partial charge in [-0.05, 0) is 42.3 Å². The number of fused-ring (bicyclic) bond motifs is 1. The minimum absolute atomic E-state index is 0.0741. The van der Waals surface area contributed by atoms with Crippen molar-refractivity contribution >= 4 is 22.9 Å². The van der Waals surface area contributed by atoms with Crippen LogP contribution in [0.3, 0.4) is 0 Å². The lowest BCUT2D eigenvalue weighted by Gasteiger charge is -2.07. The van der Waals surface area contributed by atoms with Crippen molar-refractivity contribution in [1.82, 2.24) is 15.6 Å². The summed E-state index contributed by atoms with van der Waals surface area (Å²) in [4.78, 5) is 28.3. The maximum atomic E-state index is 12.3. The molecule has 1 aromatic heterocycles. The van der Waals surface area contributed by atoms with E-state index >= 15 is 0 Å². The molecular formula is C20H21N3O3. The van der Waals surface area contributed by atoms with E-state index in [4.69, 9.17) is 4.42 Å². The normalized spacial score (nSPS) is 10.7. The minimum atomic E-state index is -0.184. The van der Waals surface area contributed by atoms with E-state index in [2.05, 4.69) is 22.5 Å². The molecule has 3 aromatic rings. The average molecular weight is 351 g/mol. The summed E-state index contributed by atoms with van der Waals surface area (Å²) in [5, 5.41) is 5.75. The van der Waals surface area contributed by atoms with Gasteiger partial charge in [0.15, 0.2) is 12.0 Å². The lowest BCUT2D eigenvalue weighted by Crippen LogP contribution is -2.24. The van der Waals surface area contributed by atoms with Crippen LogP contribution in [-0.2, 0) is 6.54 Å². The third-order valence-corrected chi connectivity index (χ3v) is 4.08. The van der Waals surface area contributed by atoms with Gasteiger partial charge in [0.25, 0.3) is 11.8 Å². The van der Waals surface area contributed by atoms with Gasteiger partial charge in [0.05, 0.1) is 0 Å². The van der Waals surface area contributed by atoms with E-state index in [-0.39, 0.29) is 11.8 Å². The Bertz CT molecular complexity index is 900. The van der Waals surface area contributed by atoms with Crippen molar-refractivity contribution in [2.45, 2.75) is 26.3 Å². The second kappa shape index (κ2) is 8.29. The second-order valence-electron chi connectivity index (χ2n) is 6.02. The SMILES string of the molecule is CCCCNC(=O)c1ccc(CNC(=O)c2ccc3ocnc3c2)cc1. The highest BCUT2D eigenvalue weighted by Crippen LogP contribution is 2.14. The molecule has 3 rings (SSSR count). The number of carbonyl (C=O) groups is 2. The standard InChI is InChI=1S/C20H21N3O3/c1-2-3-10-21-19(24)15-6-4-14(5-7-15)12-22-20(25)16-8-9-18-17(11-16)23-13-26-18/h4-9,11,13H,2-3,10,12H2,1H3,(H,21,24)(H,22,25). The molecule has 0 saturated carbocycles. The summed E-state index contributed by atoms with van der Waals surface area (Å²) < 4.78 is 5.17. The van der Waals surface area contributed by atoms with Crippen molar-refractivity contribution < 1.29 is 14.0 Å². The van der Waals surface area contributed by atoms with Crippen LogP contribution in [0.2, 0.25) is 0 Å². The van der Waals surface area contributed by atoms with Gasteiger partial charge < -0.3 is 15.1 Å². The molecule has 6 nitrogen and oxygen atoms in total. The van der Waals surface area contributed by atoms with Crippen LogP contribution in [0.5, 0.6) is 0 Å². The van der Waals surface area contributed by atoms with E-state index in [1.807, 2.05) is 12.1 Å². The Kier molecular flexibility index (Phi) is 5.63. The lowest BCUT2D eigenvalue weighted by molar-refractivity contribution is 0.0942. The first-order chi connectivity index (χ1) is 12.7. The predicted octanol–water partition coefficient (Wildman–Crippen LogP) is 3.29. The fourth-order valence-electron chi connectivity index (χ4n) is 2.54. The Labute approximate surface area is 151 Å². The summed E-state index contributed by atoms with van der Waals surface area (Å²) in [6, 6.07) is 12.3. The third kappa shape index (κ3) is 4.27. The summed E-state index contributed by atoms with van der Waals surface area (Å²) in [7, 11) is 0. The number of benzene rings is 2. The molecule has 0 aliphatic rings. The van der Waals surface area contributed by atoms with Gasteiger partial charge in [-0.25, -0.2) is 4.98 Å². The zero-order valence-corrected chi connectivity index (χ0v) is 14.6. The molecular weight excluding hydrogens is 330 g/mol. The van der Waals surface area contributed by atoms with Gasteiger partial charge in [0.2, 0.25) is 0 Å². The Hall–Kier alpha value is -3.15. The van der Waals surface area contributed by atoms with E-state index < -0.39 is 0 Å². The van der Waals surface area contributed by atoms with Gasteiger partial charge in [0.1, 0.15) is 5.52 Å². The molecule has 0 aliphatic carbocycles. The monoisotopic (exact) mass is 351 g/mol. The maximum Gasteiger partial charge on any atom is 0.251 e. The molecule has 26 heavy (non-hydrogen) atoms. The average Bonchev–Trinajstić information content (AvgIpc) is 3.14. The number of nitrogens with one attached hydrogen (secondary N) is 2. The van der Waals surface area contributed by atoms with Crippen LogP contribution in [0, 0.1) is 0 Å². The molecule has 0 fully saturated rings. The summed E-state index contributed by atoms with van der Waals surface area (Å²) in [6.07, 6.45) is 3.37. The molecule has 0 bridgehead atoms. The number of hydrogen-bond donors (Lipinski definition) is 2. The molecule has 0 spiro atoms. The smallest absolute Gasteiger partial charge is 0.251 e. The quantitative estimate of drug-likeness (QED) is 0.640. The van der Waals surface area contributed by atoms with Crippen molar-refractivity contribution in [3.05, 3.63) is 65.5 Å². The van der Waals surface area contributed by atoms with Crippen LogP contribution in [0.15, 0.2) is 53.3 Å². The molecule has 2 amide bonds. The molecule has 2 N–H and O–H groups in total. The molecule has 2 aromatic carbocycles. The topological polar surface area (TPSA) is 84.2 Å². The van der Waals surface area contributed by atoms with E-state index in [1.54, 1.807) is 30.3 Å². The summed E-state index contributed by atoms with van der Waals surface area (Å²) in [6.45, 7) is 3.15. The zero-order chi connectivity index (χ0) is 18.4. The van der Waals surface area contributed by atoms with Gasteiger partial charge in [-0.15, -0.1) is 0 Å². The Morgan fingerprint density at radius 3 is 2.50 bits per heavy atom. The van der Waals surface area contributed by atoms with Gasteiger partial charge in [-0.3, -0.25) is 9.59 Å². The van der Waals surface area contributed by atoms with Crippen LogP contribution in [0.25, 0.3) is 11.1 Å². The van der Waals surface area contributed by atoms with E-state index in [0.717, 1.165) is 18.4 Å². The molecule has 0 atom stereocenters. The van der Waals surface area contributed by atoms with Crippen molar-refractivity contribution in [3.8, 4) is 0 Å². The number of nitrogens with zero attached hydrogens (tertiary/aromatic N) is 1. The summed E-state index contributed by atoms with van der Waals surface area (Å²) >= 11 is 0. The number of aromatic nitrogens is 1. The molecule has 0 unspecified atom stereocenters. The van der Waals surface area contributed by atoms with Crippen LogP contribution in [0.4, 0.5) is 0 Å². The fraction of sp³-hybridized carbons (Fsp3) is 0.250. The Morgan fingerprint density at radius 1 is 1.00 bits per heavy atom. The molecule has 0 radical (unpaired) electrons. The van der Waals surface area contributed by atoms with Gasteiger partial charge >= 0.3 is 0 Å². The number of rotatable bonds is 7.